The monoisotopic (exact) mass is 205 g/mol. The minimum atomic E-state index is -0.173. The molecule has 0 amide bonds. The van der Waals surface area contributed by atoms with Gasteiger partial charge in [0, 0.05) is 7.05 Å². The van der Waals surface area contributed by atoms with E-state index in [2.05, 4.69) is 6.92 Å². The number of nitrogen functional groups attached to an aromatic ring is 1. The third-order valence-electron chi connectivity index (χ3n) is 2.71. The first-order valence-corrected chi connectivity index (χ1v) is 5.11. The number of hydrogen-bond donors (Lipinski definition) is 1. The average molecular weight is 205 g/mol. The van der Waals surface area contributed by atoms with Crippen molar-refractivity contribution in [1.29, 1.82) is 0 Å². The normalized spacial score (nSPS) is 11.1. The van der Waals surface area contributed by atoms with Crippen molar-refractivity contribution in [3.63, 3.8) is 0 Å². The fraction of sp³-hybridized carbons (Fsp3) is 0.364. The molecule has 0 unspecified atom stereocenters. The number of nitrogens with two attached hydrogens (primary N) is 1. The van der Waals surface area contributed by atoms with Crippen LogP contribution in [0.4, 0.5) is 0 Å². The molecular formula is C11H15N3O. The van der Waals surface area contributed by atoms with Crippen LogP contribution in [-0.4, -0.2) is 9.24 Å². The highest BCUT2D eigenvalue weighted by Gasteiger charge is 2.10. The fourth-order valence-electron chi connectivity index (χ4n) is 1.99. The number of imidazole rings is 1. The van der Waals surface area contributed by atoms with Gasteiger partial charge in [-0.15, -0.1) is 0 Å². The number of rotatable bonds is 2. The van der Waals surface area contributed by atoms with Gasteiger partial charge in [0.05, 0.1) is 11.0 Å². The number of hydrogen-bond acceptors (Lipinski definition) is 2. The lowest BCUT2D eigenvalue weighted by atomic mass is 10.1. The van der Waals surface area contributed by atoms with Gasteiger partial charge in [-0.05, 0) is 18.1 Å². The molecule has 1 heterocycles. The number of fused-ring (bicyclic) bond motifs is 1. The lowest BCUT2D eigenvalue weighted by Gasteiger charge is -2.02. The molecule has 15 heavy (non-hydrogen) atoms. The lowest BCUT2D eigenvalue weighted by Crippen LogP contribution is -2.27. The molecule has 0 saturated heterocycles. The van der Waals surface area contributed by atoms with Crippen LogP contribution in [0, 0.1) is 0 Å². The predicted octanol–water partition coefficient (Wildman–Crippen LogP) is 1.01. The molecule has 2 N–H and O–H groups in total. The van der Waals surface area contributed by atoms with E-state index in [4.69, 9.17) is 5.84 Å². The van der Waals surface area contributed by atoms with Crippen LogP contribution in [0.3, 0.4) is 0 Å². The lowest BCUT2D eigenvalue weighted by molar-refractivity contribution is 0.821. The number of aryl methyl sites for hydroxylation is 2. The Balaban J connectivity index is 2.85. The van der Waals surface area contributed by atoms with Crippen molar-refractivity contribution >= 4 is 11.0 Å². The maximum atomic E-state index is 11.6. The summed E-state index contributed by atoms with van der Waals surface area (Å²) in [5, 5.41) is 0. The van der Waals surface area contributed by atoms with Gasteiger partial charge in [-0.2, -0.15) is 0 Å². The van der Waals surface area contributed by atoms with Gasteiger partial charge in [-0.3, -0.25) is 4.57 Å². The number of aromatic nitrogens is 2. The summed E-state index contributed by atoms with van der Waals surface area (Å²) in [6.07, 6.45) is 2.03. The van der Waals surface area contributed by atoms with Crippen LogP contribution in [-0.2, 0) is 13.5 Å². The van der Waals surface area contributed by atoms with Gasteiger partial charge in [0.2, 0.25) is 0 Å². The highest BCUT2D eigenvalue weighted by molar-refractivity contribution is 5.79. The van der Waals surface area contributed by atoms with E-state index in [1.807, 2.05) is 18.2 Å². The zero-order valence-corrected chi connectivity index (χ0v) is 9.03. The van der Waals surface area contributed by atoms with Crippen molar-refractivity contribution in [2.75, 3.05) is 5.84 Å². The van der Waals surface area contributed by atoms with Gasteiger partial charge in [0.15, 0.2) is 0 Å². The quantitative estimate of drug-likeness (QED) is 0.744. The van der Waals surface area contributed by atoms with Gasteiger partial charge in [-0.1, -0.05) is 25.5 Å². The zero-order valence-electron chi connectivity index (χ0n) is 9.03. The van der Waals surface area contributed by atoms with Crippen LogP contribution >= 0.6 is 0 Å². The Morgan fingerprint density at radius 3 is 2.80 bits per heavy atom. The topological polar surface area (TPSA) is 53.0 Å². The van der Waals surface area contributed by atoms with Crippen molar-refractivity contribution < 1.29 is 0 Å². The first-order chi connectivity index (χ1) is 7.16. The molecule has 0 fully saturated rings. The maximum absolute atomic E-state index is 11.6. The maximum Gasteiger partial charge on any atom is 0.347 e. The smallest absolute Gasteiger partial charge is 0.335 e. The standard InChI is InChI=1S/C11H15N3O/c1-3-5-8-6-4-7-9-10(8)13(2)11(15)14(9)12/h4,6-7H,3,5,12H2,1-2H3. The predicted molar refractivity (Wildman–Crippen MR) is 61.3 cm³/mol. The minimum absolute atomic E-state index is 0.173. The second kappa shape index (κ2) is 3.46. The summed E-state index contributed by atoms with van der Waals surface area (Å²) in [4.78, 5) is 11.6. The Bertz CT molecular complexity index is 551. The second-order valence-electron chi connectivity index (χ2n) is 3.75. The summed E-state index contributed by atoms with van der Waals surface area (Å²) in [5.41, 5.74) is 2.76. The summed E-state index contributed by atoms with van der Waals surface area (Å²) in [6, 6.07) is 5.86. The Morgan fingerprint density at radius 2 is 2.13 bits per heavy atom. The number of benzene rings is 1. The largest absolute Gasteiger partial charge is 0.347 e. The second-order valence-corrected chi connectivity index (χ2v) is 3.75. The van der Waals surface area contributed by atoms with Crippen molar-refractivity contribution in [3.8, 4) is 0 Å². The molecule has 0 aliphatic rings. The van der Waals surface area contributed by atoms with E-state index in [0.29, 0.717) is 0 Å². The van der Waals surface area contributed by atoms with Gasteiger partial charge in [0.25, 0.3) is 0 Å². The summed E-state index contributed by atoms with van der Waals surface area (Å²) >= 11 is 0. The highest BCUT2D eigenvalue weighted by Crippen LogP contribution is 2.17. The Hall–Kier alpha value is -1.71. The molecule has 2 aromatic rings. The van der Waals surface area contributed by atoms with Crippen LogP contribution in [0.25, 0.3) is 11.0 Å². The van der Waals surface area contributed by atoms with Gasteiger partial charge >= 0.3 is 5.69 Å². The van der Waals surface area contributed by atoms with Crippen LogP contribution in [0.1, 0.15) is 18.9 Å². The van der Waals surface area contributed by atoms with E-state index in [-0.39, 0.29) is 5.69 Å². The van der Waals surface area contributed by atoms with E-state index in [1.165, 1.54) is 10.2 Å². The summed E-state index contributed by atoms with van der Waals surface area (Å²) in [7, 11) is 1.76. The fourth-order valence-corrected chi connectivity index (χ4v) is 1.99. The van der Waals surface area contributed by atoms with Crippen molar-refractivity contribution in [2.24, 2.45) is 7.05 Å². The van der Waals surface area contributed by atoms with Crippen molar-refractivity contribution in [1.82, 2.24) is 9.24 Å². The Kier molecular flexibility index (Phi) is 2.26. The molecule has 0 aliphatic heterocycles. The summed E-state index contributed by atoms with van der Waals surface area (Å²) in [6.45, 7) is 2.12. The van der Waals surface area contributed by atoms with Gasteiger partial charge in [0.1, 0.15) is 0 Å². The first-order valence-electron chi connectivity index (χ1n) is 5.11. The van der Waals surface area contributed by atoms with E-state index in [1.54, 1.807) is 11.6 Å². The molecular weight excluding hydrogens is 190 g/mol. The zero-order chi connectivity index (χ0) is 11.0. The molecule has 0 radical (unpaired) electrons. The van der Waals surface area contributed by atoms with Crippen LogP contribution in [0.15, 0.2) is 23.0 Å². The molecule has 1 aromatic heterocycles. The number of para-hydroxylation sites is 1. The molecule has 1 aromatic carbocycles. The molecule has 0 bridgehead atoms. The SMILES string of the molecule is CCCc1cccc2c1n(C)c(=O)n2N. The molecule has 0 spiro atoms. The van der Waals surface area contributed by atoms with Crippen LogP contribution in [0.2, 0.25) is 0 Å². The number of nitrogens with zero attached hydrogens (tertiary/aromatic N) is 2. The van der Waals surface area contributed by atoms with E-state index < -0.39 is 0 Å². The molecule has 0 saturated carbocycles. The molecule has 4 nitrogen and oxygen atoms in total. The van der Waals surface area contributed by atoms with Crippen molar-refractivity contribution in [3.05, 3.63) is 34.2 Å². The Labute approximate surface area is 87.9 Å². The van der Waals surface area contributed by atoms with Crippen molar-refractivity contribution in [2.45, 2.75) is 19.8 Å². The average Bonchev–Trinajstić information content (AvgIpc) is 2.46. The molecule has 2 rings (SSSR count). The van der Waals surface area contributed by atoms with Crippen LogP contribution in [0.5, 0.6) is 0 Å². The van der Waals surface area contributed by atoms with E-state index in [9.17, 15) is 4.79 Å². The molecule has 0 atom stereocenters. The van der Waals surface area contributed by atoms with E-state index >= 15 is 0 Å². The minimum Gasteiger partial charge on any atom is -0.335 e. The Morgan fingerprint density at radius 1 is 1.40 bits per heavy atom. The van der Waals surface area contributed by atoms with Crippen LogP contribution < -0.4 is 11.5 Å². The first kappa shape index (κ1) is 9.83. The van der Waals surface area contributed by atoms with Gasteiger partial charge in [-0.25, -0.2) is 9.47 Å². The molecule has 80 valence electrons. The molecule has 4 heteroatoms. The summed E-state index contributed by atoms with van der Waals surface area (Å²) < 4.78 is 2.81. The van der Waals surface area contributed by atoms with E-state index in [0.717, 1.165) is 23.9 Å². The molecule has 0 aliphatic carbocycles. The third-order valence-corrected chi connectivity index (χ3v) is 2.71. The highest BCUT2D eigenvalue weighted by atomic mass is 16.2. The van der Waals surface area contributed by atoms with Gasteiger partial charge < -0.3 is 5.84 Å². The summed E-state index contributed by atoms with van der Waals surface area (Å²) in [5.74, 6) is 5.69. The third kappa shape index (κ3) is 1.33.